The number of benzene rings is 1. The zero-order chi connectivity index (χ0) is 12.1. The van der Waals surface area contributed by atoms with Crippen LogP contribution in [0.1, 0.15) is 10.4 Å². The molecule has 0 aliphatic carbocycles. The Kier molecular flexibility index (Phi) is 5.75. The van der Waals surface area contributed by atoms with Crippen LogP contribution in [0.3, 0.4) is 0 Å². The van der Waals surface area contributed by atoms with Crippen LogP contribution in [0.25, 0.3) is 6.20 Å². The first-order chi connectivity index (χ1) is 8.25. The van der Waals surface area contributed by atoms with E-state index in [0.29, 0.717) is 5.56 Å². The quantitative estimate of drug-likeness (QED) is 0.445. The Morgan fingerprint density at radius 1 is 1.06 bits per heavy atom. The number of allylic oxidation sites excluding steroid dienone is 1. The molecule has 2 rings (SSSR count). The van der Waals surface area contributed by atoms with E-state index >= 15 is 0 Å². The molecule has 0 aliphatic rings. The molecule has 0 unspecified atom stereocenters. The van der Waals surface area contributed by atoms with Gasteiger partial charge in [0, 0.05) is 22.2 Å². The number of hydrogen-bond acceptors (Lipinski definition) is 1. The van der Waals surface area contributed by atoms with Crippen LogP contribution in [0, 0.1) is 0 Å². The third-order valence-electron chi connectivity index (χ3n) is 2.27. The van der Waals surface area contributed by atoms with Crippen LogP contribution >= 0.6 is 15.9 Å². The van der Waals surface area contributed by atoms with Crippen LogP contribution in [-0.2, 0) is 0 Å². The van der Waals surface area contributed by atoms with Crippen molar-refractivity contribution in [2.24, 2.45) is 0 Å². The topological polar surface area (TPSA) is 20.9 Å². The predicted molar refractivity (Wildman–Crippen MR) is 70.4 cm³/mol. The van der Waals surface area contributed by atoms with Crippen molar-refractivity contribution in [3.63, 3.8) is 0 Å². The average Bonchev–Trinajstić information content (AvgIpc) is 2.38. The highest BCUT2D eigenvalue weighted by Gasteiger charge is 2.02. The number of carbonyl (C=O) groups excluding carboxylic acids is 1. The maximum Gasteiger partial charge on any atom is 0.191 e. The van der Waals surface area contributed by atoms with E-state index in [1.54, 1.807) is 24.4 Å². The van der Waals surface area contributed by atoms with E-state index in [1.807, 2.05) is 47.3 Å². The van der Waals surface area contributed by atoms with E-state index in [2.05, 4.69) is 15.9 Å². The van der Waals surface area contributed by atoms with E-state index in [9.17, 15) is 4.79 Å². The van der Waals surface area contributed by atoms with Gasteiger partial charge < -0.3 is 12.4 Å². The lowest BCUT2D eigenvalue weighted by Crippen LogP contribution is -3.00. The van der Waals surface area contributed by atoms with Gasteiger partial charge >= 0.3 is 0 Å². The molecule has 0 fully saturated rings. The highest BCUT2D eigenvalue weighted by molar-refractivity contribution is 9.10. The Balaban J connectivity index is 0.00000162. The Bertz CT molecular complexity index is 537. The first-order valence-electron chi connectivity index (χ1n) is 5.19. The van der Waals surface area contributed by atoms with Crippen molar-refractivity contribution in [1.29, 1.82) is 0 Å². The minimum atomic E-state index is -0.00569. The zero-order valence-corrected chi connectivity index (χ0v) is 11.8. The Labute approximate surface area is 121 Å². The van der Waals surface area contributed by atoms with Gasteiger partial charge in [-0.05, 0) is 24.3 Å². The molecule has 0 N–H and O–H groups in total. The molecule has 0 spiro atoms. The second kappa shape index (κ2) is 7.09. The molecule has 1 aromatic heterocycles. The van der Waals surface area contributed by atoms with Crippen LogP contribution in [0.5, 0.6) is 0 Å². The Morgan fingerprint density at radius 2 is 1.67 bits per heavy atom. The van der Waals surface area contributed by atoms with Gasteiger partial charge in [-0.2, -0.15) is 4.57 Å². The van der Waals surface area contributed by atoms with Crippen molar-refractivity contribution in [2.75, 3.05) is 0 Å². The molecule has 0 saturated heterocycles. The molecule has 18 heavy (non-hydrogen) atoms. The van der Waals surface area contributed by atoms with Crippen molar-refractivity contribution in [3.8, 4) is 0 Å². The molecule has 1 aromatic carbocycles. The lowest BCUT2D eigenvalue weighted by atomic mass is 10.1. The molecular weight excluding hydrogens is 314 g/mol. The van der Waals surface area contributed by atoms with Crippen LogP contribution in [0.15, 0.2) is 65.4 Å². The molecule has 92 valence electrons. The summed E-state index contributed by atoms with van der Waals surface area (Å²) in [5.41, 5.74) is 0.681. The predicted octanol–water partition coefficient (Wildman–Crippen LogP) is 0.0942. The second-order valence-electron chi connectivity index (χ2n) is 3.51. The van der Waals surface area contributed by atoms with Crippen molar-refractivity contribution in [1.82, 2.24) is 0 Å². The summed E-state index contributed by atoms with van der Waals surface area (Å²) in [5, 5.41) is 0. The minimum Gasteiger partial charge on any atom is -1.00 e. The highest BCUT2D eigenvalue weighted by Crippen LogP contribution is 2.11. The van der Waals surface area contributed by atoms with Crippen LogP contribution in [-0.4, -0.2) is 5.78 Å². The van der Waals surface area contributed by atoms with Gasteiger partial charge in [-0.25, -0.2) is 0 Å². The molecule has 0 saturated carbocycles. The number of rotatable bonds is 3. The number of pyridine rings is 1. The van der Waals surface area contributed by atoms with Gasteiger partial charge in [0.2, 0.25) is 0 Å². The van der Waals surface area contributed by atoms with Crippen LogP contribution in [0.4, 0.5) is 0 Å². The largest absolute Gasteiger partial charge is 1.00 e. The monoisotopic (exact) mass is 323 g/mol. The molecular formula is C14H11BrClNO. The average molecular weight is 325 g/mol. The fourth-order valence-electron chi connectivity index (χ4n) is 1.38. The summed E-state index contributed by atoms with van der Waals surface area (Å²) in [6.45, 7) is 0. The lowest BCUT2D eigenvalue weighted by molar-refractivity contribution is -0.568. The smallest absolute Gasteiger partial charge is 0.191 e. The van der Waals surface area contributed by atoms with Gasteiger partial charge in [-0.1, -0.05) is 22.0 Å². The van der Waals surface area contributed by atoms with Crippen LogP contribution in [0.2, 0.25) is 0 Å². The molecule has 1 heterocycles. The van der Waals surface area contributed by atoms with Crippen molar-refractivity contribution in [3.05, 3.63) is 71.0 Å². The first-order valence-corrected chi connectivity index (χ1v) is 5.99. The van der Waals surface area contributed by atoms with E-state index < -0.39 is 0 Å². The third-order valence-corrected chi connectivity index (χ3v) is 2.79. The zero-order valence-electron chi connectivity index (χ0n) is 9.46. The summed E-state index contributed by atoms with van der Waals surface area (Å²) in [7, 11) is 0. The number of carbonyl (C=O) groups is 1. The van der Waals surface area contributed by atoms with Gasteiger partial charge in [0.15, 0.2) is 24.4 Å². The maximum absolute atomic E-state index is 11.8. The van der Waals surface area contributed by atoms with Crippen LogP contribution < -0.4 is 17.0 Å². The van der Waals surface area contributed by atoms with Gasteiger partial charge in [0.1, 0.15) is 0 Å². The molecule has 0 atom stereocenters. The summed E-state index contributed by atoms with van der Waals surface area (Å²) in [6.07, 6.45) is 7.06. The van der Waals surface area contributed by atoms with Crippen molar-refractivity contribution < 1.29 is 21.8 Å². The molecule has 2 aromatic rings. The summed E-state index contributed by atoms with van der Waals surface area (Å²) < 4.78 is 2.80. The number of aromatic nitrogens is 1. The molecule has 2 nitrogen and oxygen atoms in total. The molecule has 0 amide bonds. The third kappa shape index (κ3) is 4.09. The summed E-state index contributed by atoms with van der Waals surface area (Å²) in [6, 6.07) is 13.1. The van der Waals surface area contributed by atoms with E-state index in [1.165, 1.54) is 0 Å². The first kappa shape index (κ1) is 14.6. The minimum absolute atomic E-state index is 0. The molecule has 0 aliphatic heterocycles. The van der Waals surface area contributed by atoms with Gasteiger partial charge in [0.05, 0.1) is 6.08 Å². The van der Waals surface area contributed by atoms with Gasteiger partial charge in [-0.3, -0.25) is 4.79 Å². The fourth-order valence-corrected chi connectivity index (χ4v) is 1.64. The summed E-state index contributed by atoms with van der Waals surface area (Å²) in [4.78, 5) is 11.8. The van der Waals surface area contributed by atoms with Crippen molar-refractivity contribution in [2.45, 2.75) is 0 Å². The van der Waals surface area contributed by atoms with Gasteiger partial charge in [0.25, 0.3) is 0 Å². The standard InChI is InChI=1S/C14H11BrNO.ClH/c15-13-6-4-12(5-7-13)14(17)8-11-16-9-2-1-3-10-16;/h1-11H;1H/q+1;/p-1. The molecule has 0 bridgehead atoms. The summed E-state index contributed by atoms with van der Waals surface area (Å²) >= 11 is 3.34. The molecule has 0 radical (unpaired) electrons. The number of ketones is 1. The molecule has 4 heteroatoms. The number of hydrogen-bond donors (Lipinski definition) is 0. The Hall–Kier alpha value is -1.45. The van der Waals surface area contributed by atoms with E-state index in [4.69, 9.17) is 0 Å². The normalized spacial score (nSPS) is 10.1. The highest BCUT2D eigenvalue weighted by atomic mass is 79.9. The number of halogens is 2. The number of nitrogens with zero attached hydrogens (tertiary/aromatic N) is 1. The van der Waals surface area contributed by atoms with E-state index in [-0.39, 0.29) is 18.2 Å². The van der Waals surface area contributed by atoms with Gasteiger partial charge in [-0.15, -0.1) is 0 Å². The Morgan fingerprint density at radius 3 is 2.28 bits per heavy atom. The van der Waals surface area contributed by atoms with Crippen molar-refractivity contribution >= 4 is 27.9 Å². The summed E-state index contributed by atoms with van der Waals surface area (Å²) in [5.74, 6) is -0.00569. The SMILES string of the molecule is O=C(C=C[n+]1ccccc1)c1ccc(Br)cc1.[Cl-]. The maximum atomic E-state index is 11.8. The van der Waals surface area contributed by atoms with E-state index in [0.717, 1.165) is 4.47 Å². The second-order valence-corrected chi connectivity index (χ2v) is 4.43. The fraction of sp³-hybridized carbons (Fsp3) is 0. The lowest BCUT2D eigenvalue weighted by Gasteiger charge is -1.94.